The Morgan fingerprint density at radius 1 is 1.30 bits per heavy atom. The van der Waals surface area contributed by atoms with E-state index in [0.29, 0.717) is 37.0 Å². The molecule has 1 aromatic carbocycles. The summed E-state index contributed by atoms with van der Waals surface area (Å²) in [6, 6.07) is 8.44. The first-order valence-corrected chi connectivity index (χ1v) is 11.9. The van der Waals surface area contributed by atoms with Crippen molar-refractivity contribution in [2.24, 2.45) is 5.92 Å². The average Bonchev–Trinajstić information content (AvgIpc) is 3.43. The van der Waals surface area contributed by atoms with Gasteiger partial charge in [-0.1, -0.05) is 0 Å². The van der Waals surface area contributed by atoms with Gasteiger partial charge in [-0.25, -0.2) is 14.4 Å². The molecule has 0 unspecified atom stereocenters. The summed E-state index contributed by atoms with van der Waals surface area (Å²) >= 11 is 1.49. The van der Waals surface area contributed by atoms with Crippen molar-refractivity contribution in [3.63, 3.8) is 0 Å². The summed E-state index contributed by atoms with van der Waals surface area (Å²) in [4.78, 5) is 28.5. The minimum absolute atomic E-state index is 0.0666. The van der Waals surface area contributed by atoms with E-state index < -0.39 is 0 Å². The number of pyridine rings is 1. The number of aromatic amines is 1. The van der Waals surface area contributed by atoms with Gasteiger partial charge >= 0.3 is 0 Å². The van der Waals surface area contributed by atoms with Crippen LogP contribution in [-0.2, 0) is 6.42 Å². The number of carbonyl (C=O) groups is 1. The third-order valence-corrected chi connectivity index (χ3v) is 7.01. The second kappa shape index (κ2) is 8.94. The van der Waals surface area contributed by atoms with Gasteiger partial charge in [0, 0.05) is 48.0 Å². The van der Waals surface area contributed by atoms with Gasteiger partial charge in [0.1, 0.15) is 11.5 Å². The van der Waals surface area contributed by atoms with Gasteiger partial charge in [-0.3, -0.25) is 4.79 Å². The van der Waals surface area contributed by atoms with Crippen LogP contribution in [-0.4, -0.2) is 46.0 Å². The molecule has 0 bridgehead atoms. The molecule has 0 atom stereocenters. The molecule has 0 saturated heterocycles. The van der Waals surface area contributed by atoms with Crippen molar-refractivity contribution in [3.8, 4) is 16.3 Å². The number of nitrogens with one attached hydrogen (secondary N) is 1. The molecule has 0 aliphatic heterocycles. The highest BCUT2D eigenvalue weighted by Gasteiger charge is 2.30. The molecule has 170 valence electrons. The van der Waals surface area contributed by atoms with Crippen LogP contribution in [0.25, 0.3) is 21.3 Å². The summed E-state index contributed by atoms with van der Waals surface area (Å²) in [5.74, 6) is 0.742. The zero-order valence-corrected chi connectivity index (χ0v) is 19.4. The third kappa shape index (κ3) is 4.61. The molecular weight excluding hydrogens is 439 g/mol. The van der Waals surface area contributed by atoms with Gasteiger partial charge in [-0.15, -0.1) is 11.3 Å². The fraction of sp³-hybridized carbons (Fsp3) is 0.320. The fourth-order valence-corrected chi connectivity index (χ4v) is 4.95. The zero-order valence-electron chi connectivity index (χ0n) is 18.6. The summed E-state index contributed by atoms with van der Waals surface area (Å²) in [5.41, 5.74) is 3.22. The van der Waals surface area contributed by atoms with Gasteiger partial charge < -0.3 is 14.6 Å². The van der Waals surface area contributed by atoms with E-state index >= 15 is 0 Å². The summed E-state index contributed by atoms with van der Waals surface area (Å²) < 4.78 is 18.9. The van der Waals surface area contributed by atoms with Crippen molar-refractivity contribution < 1.29 is 13.9 Å². The first-order chi connectivity index (χ1) is 16.0. The van der Waals surface area contributed by atoms with Crippen LogP contribution < -0.4 is 4.74 Å². The van der Waals surface area contributed by atoms with Crippen LogP contribution in [0.3, 0.4) is 0 Å². The highest BCUT2D eigenvalue weighted by molar-refractivity contribution is 7.15. The maximum atomic E-state index is 13.8. The second-order valence-corrected chi connectivity index (χ2v) is 9.65. The first kappa shape index (κ1) is 21.6. The molecule has 0 radical (unpaired) electrons. The van der Waals surface area contributed by atoms with E-state index in [1.165, 1.54) is 17.4 Å². The van der Waals surface area contributed by atoms with Crippen LogP contribution in [0.5, 0.6) is 5.88 Å². The number of aromatic nitrogens is 3. The summed E-state index contributed by atoms with van der Waals surface area (Å²) in [5, 5.41) is 1.70. The topological polar surface area (TPSA) is 71.1 Å². The van der Waals surface area contributed by atoms with Crippen LogP contribution >= 0.6 is 11.3 Å². The van der Waals surface area contributed by atoms with Gasteiger partial charge in [0.2, 0.25) is 5.88 Å². The Morgan fingerprint density at radius 3 is 2.88 bits per heavy atom. The molecular formula is C25H25FN4O2S. The van der Waals surface area contributed by atoms with Crippen molar-refractivity contribution >= 4 is 28.1 Å². The number of H-pyrrole nitrogens is 1. The number of methoxy groups -OCH3 is 1. The lowest BCUT2D eigenvalue weighted by molar-refractivity contribution is 0.0745. The monoisotopic (exact) mass is 464 g/mol. The molecule has 3 aromatic heterocycles. The van der Waals surface area contributed by atoms with Crippen LogP contribution in [0.15, 0.2) is 42.7 Å². The van der Waals surface area contributed by atoms with Gasteiger partial charge in [-0.05, 0) is 61.9 Å². The third-order valence-electron chi connectivity index (χ3n) is 5.99. The molecule has 4 aromatic rings. The molecule has 1 aliphatic carbocycles. The number of carbonyl (C=O) groups excluding carboxylic acids is 1. The Hall–Kier alpha value is -3.26. The molecule has 33 heavy (non-hydrogen) atoms. The van der Waals surface area contributed by atoms with Gasteiger partial charge in [0.25, 0.3) is 5.91 Å². The lowest BCUT2D eigenvalue weighted by Crippen LogP contribution is -2.35. The minimum atomic E-state index is -0.259. The summed E-state index contributed by atoms with van der Waals surface area (Å²) in [6.07, 6.45) is 6.56. The van der Waals surface area contributed by atoms with Gasteiger partial charge in [0.05, 0.1) is 17.0 Å². The normalized spacial score (nSPS) is 13.4. The number of rotatable bonds is 8. The number of aryl methyl sites for hydroxylation is 1. The van der Waals surface area contributed by atoms with E-state index in [4.69, 9.17) is 4.74 Å². The highest BCUT2D eigenvalue weighted by atomic mass is 32.1. The molecule has 1 aliphatic rings. The van der Waals surface area contributed by atoms with Crippen LogP contribution in [0.2, 0.25) is 0 Å². The second-order valence-electron chi connectivity index (χ2n) is 8.45. The maximum Gasteiger partial charge on any atom is 0.274 e. The van der Waals surface area contributed by atoms with E-state index in [1.807, 2.05) is 24.1 Å². The smallest absolute Gasteiger partial charge is 0.274 e. The number of amides is 1. The van der Waals surface area contributed by atoms with Gasteiger partial charge in [-0.2, -0.15) is 0 Å². The van der Waals surface area contributed by atoms with Crippen molar-refractivity contribution in [2.45, 2.75) is 26.2 Å². The molecule has 1 N–H and O–H groups in total. The van der Waals surface area contributed by atoms with E-state index in [0.717, 1.165) is 44.8 Å². The molecule has 6 nitrogen and oxygen atoms in total. The Labute approximate surface area is 195 Å². The summed E-state index contributed by atoms with van der Waals surface area (Å²) in [7, 11) is 1.58. The van der Waals surface area contributed by atoms with Crippen LogP contribution in [0.1, 0.15) is 33.9 Å². The molecule has 5 rings (SSSR count). The average molecular weight is 465 g/mol. The van der Waals surface area contributed by atoms with Crippen molar-refractivity contribution in [1.29, 1.82) is 0 Å². The molecule has 3 heterocycles. The van der Waals surface area contributed by atoms with Crippen molar-refractivity contribution in [1.82, 2.24) is 19.9 Å². The van der Waals surface area contributed by atoms with E-state index in [2.05, 4.69) is 15.0 Å². The molecule has 1 amide bonds. The number of hydrogen-bond acceptors (Lipinski definition) is 5. The molecule has 1 saturated carbocycles. The standard InChI is InChI=1S/C25H25FN4O2S/c1-15-29-23(24(33-15)18-5-8-22(32-2)28-13-18)25(31)30(14-16-3-4-16)10-9-17-12-27-21-7-6-19(26)11-20(17)21/h5-8,11-13,16,27H,3-4,9-10,14H2,1-2H3. The lowest BCUT2D eigenvalue weighted by Gasteiger charge is -2.22. The van der Waals surface area contributed by atoms with E-state index in [9.17, 15) is 9.18 Å². The van der Waals surface area contributed by atoms with Crippen molar-refractivity contribution in [2.75, 3.05) is 20.2 Å². The largest absolute Gasteiger partial charge is 0.481 e. The number of halogens is 1. The van der Waals surface area contributed by atoms with Crippen LogP contribution in [0.4, 0.5) is 4.39 Å². The summed E-state index contributed by atoms with van der Waals surface area (Å²) in [6.45, 7) is 3.18. The quantitative estimate of drug-likeness (QED) is 0.387. The Morgan fingerprint density at radius 2 is 2.15 bits per heavy atom. The molecule has 8 heteroatoms. The SMILES string of the molecule is COc1ccc(-c2sc(C)nc2C(=O)N(CCc2c[nH]c3ccc(F)cc23)CC2CC2)cn1. The number of hydrogen-bond donors (Lipinski definition) is 1. The number of nitrogens with zero attached hydrogens (tertiary/aromatic N) is 3. The minimum Gasteiger partial charge on any atom is -0.481 e. The zero-order chi connectivity index (χ0) is 22.9. The number of fused-ring (bicyclic) bond motifs is 1. The number of benzene rings is 1. The number of ether oxygens (including phenoxy) is 1. The van der Waals surface area contributed by atoms with Crippen molar-refractivity contribution in [3.05, 3.63) is 64.8 Å². The molecule has 0 spiro atoms. The maximum absolute atomic E-state index is 13.8. The lowest BCUT2D eigenvalue weighted by atomic mass is 10.1. The Kier molecular flexibility index (Phi) is 5.85. The predicted octanol–water partition coefficient (Wildman–Crippen LogP) is 5.24. The Balaban J connectivity index is 1.41. The highest BCUT2D eigenvalue weighted by Crippen LogP contribution is 2.34. The predicted molar refractivity (Wildman–Crippen MR) is 127 cm³/mol. The van der Waals surface area contributed by atoms with Gasteiger partial charge in [0.15, 0.2) is 0 Å². The van der Waals surface area contributed by atoms with E-state index in [1.54, 1.807) is 31.5 Å². The first-order valence-electron chi connectivity index (χ1n) is 11.0. The number of thiazole rings is 1. The fourth-order valence-electron chi connectivity index (χ4n) is 4.05. The van der Waals surface area contributed by atoms with Crippen LogP contribution in [0, 0.1) is 18.7 Å². The molecule has 1 fully saturated rings. The van der Waals surface area contributed by atoms with E-state index in [-0.39, 0.29) is 11.7 Å². The Bertz CT molecular complexity index is 1290.